The van der Waals surface area contributed by atoms with E-state index in [9.17, 15) is 0 Å². The number of allylic oxidation sites excluding steroid dienone is 2. The minimum Gasteiger partial charge on any atom is -0.494 e. The molecule has 0 aromatic rings. The van der Waals surface area contributed by atoms with Gasteiger partial charge in [0.25, 0.3) is 0 Å². The minimum absolute atomic E-state index is 0.732. The molecule has 0 saturated heterocycles. The van der Waals surface area contributed by atoms with Crippen molar-refractivity contribution in [2.75, 3.05) is 6.61 Å². The average Bonchev–Trinajstić information content (AvgIpc) is 2.03. The Kier molecular flexibility index (Phi) is 4.66. The van der Waals surface area contributed by atoms with Gasteiger partial charge in [-0.1, -0.05) is 25.5 Å². The van der Waals surface area contributed by atoms with Gasteiger partial charge in [-0.2, -0.15) is 0 Å². The van der Waals surface area contributed by atoms with E-state index < -0.39 is 0 Å². The van der Waals surface area contributed by atoms with Crippen LogP contribution in [0.15, 0.2) is 24.0 Å². The van der Waals surface area contributed by atoms with Gasteiger partial charge in [0.1, 0.15) is 5.76 Å². The molecule has 74 valence electrons. The molecule has 0 aromatic carbocycles. The molecule has 0 aromatic heterocycles. The summed E-state index contributed by atoms with van der Waals surface area (Å²) in [5.74, 6) is 0.893. The van der Waals surface area contributed by atoms with Crippen molar-refractivity contribution in [1.29, 1.82) is 0 Å². The lowest BCUT2D eigenvalue weighted by molar-refractivity contribution is 0.236. The number of hydrogen-bond donors (Lipinski definition) is 0. The largest absolute Gasteiger partial charge is 0.494 e. The topological polar surface area (TPSA) is 9.23 Å². The average molecular weight is 180 g/mol. The molecule has 1 nitrogen and oxygen atoms in total. The summed E-state index contributed by atoms with van der Waals surface area (Å²) in [5.41, 5.74) is 1.33. The van der Waals surface area contributed by atoms with Crippen molar-refractivity contribution >= 4 is 0 Å². The number of rotatable bonds is 3. The first kappa shape index (κ1) is 10.4. The first-order chi connectivity index (χ1) is 6.34. The van der Waals surface area contributed by atoms with E-state index in [2.05, 4.69) is 12.7 Å². The third-order valence-corrected chi connectivity index (χ3v) is 2.47. The van der Waals surface area contributed by atoms with Gasteiger partial charge < -0.3 is 4.74 Å². The molecule has 0 aliphatic heterocycles. The van der Waals surface area contributed by atoms with Gasteiger partial charge in [0.05, 0.1) is 6.61 Å². The molecule has 1 aliphatic carbocycles. The van der Waals surface area contributed by atoms with Crippen molar-refractivity contribution in [3.8, 4) is 0 Å². The molecule has 0 spiro atoms. The quantitative estimate of drug-likeness (QED) is 0.600. The van der Waals surface area contributed by atoms with Crippen LogP contribution in [0.2, 0.25) is 0 Å². The Morgan fingerprint density at radius 2 is 2.15 bits per heavy atom. The molecule has 0 fully saturated rings. The maximum atomic E-state index is 5.41. The summed E-state index contributed by atoms with van der Waals surface area (Å²) in [6, 6.07) is 0. The van der Waals surface area contributed by atoms with E-state index in [0.29, 0.717) is 0 Å². The molecule has 0 N–H and O–H groups in total. The monoisotopic (exact) mass is 180 g/mol. The lowest BCUT2D eigenvalue weighted by Gasteiger charge is -2.13. The van der Waals surface area contributed by atoms with Gasteiger partial charge in [-0.3, -0.25) is 0 Å². The van der Waals surface area contributed by atoms with Gasteiger partial charge in [-0.25, -0.2) is 0 Å². The van der Waals surface area contributed by atoms with Gasteiger partial charge in [0.15, 0.2) is 0 Å². The highest BCUT2D eigenvalue weighted by Gasteiger charge is 2.05. The van der Waals surface area contributed by atoms with Crippen LogP contribution in [0, 0.1) is 0 Å². The summed E-state index contributed by atoms with van der Waals surface area (Å²) >= 11 is 0. The highest BCUT2D eigenvalue weighted by atomic mass is 16.5. The zero-order valence-corrected chi connectivity index (χ0v) is 8.64. The molecular weight excluding hydrogens is 160 g/mol. The van der Waals surface area contributed by atoms with Crippen LogP contribution in [-0.4, -0.2) is 6.61 Å². The molecule has 0 atom stereocenters. The summed E-state index contributed by atoms with van der Waals surface area (Å²) in [4.78, 5) is 0. The standard InChI is InChI=1S/C12H20O/c1-3-13-11(2)12-9-7-5-4-6-8-10-12/h9H,2-8,10H2,1H3. The Morgan fingerprint density at radius 3 is 2.92 bits per heavy atom. The third kappa shape index (κ3) is 3.67. The molecule has 13 heavy (non-hydrogen) atoms. The van der Waals surface area contributed by atoms with E-state index in [-0.39, 0.29) is 0 Å². The van der Waals surface area contributed by atoms with E-state index >= 15 is 0 Å². The van der Waals surface area contributed by atoms with Crippen molar-refractivity contribution in [3.63, 3.8) is 0 Å². The molecule has 0 unspecified atom stereocenters. The maximum Gasteiger partial charge on any atom is 0.114 e. The Balaban J connectivity index is 2.48. The predicted octanol–water partition coefficient (Wildman–Crippen LogP) is 3.82. The van der Waals surface area contributed by atoms with Crippen LogP contribution in [0.1, 0.15) is 45.4 Å². The molecule has 0 radical (unpaired) electrons. The highest BCUT2D eigenvalue weighted by molar-refractivity contribution is 5.23. The van der Waals surface area contributed by atoms with Gasteiger partial charge in [0, 0.05) is 0 Å². The lowest BCUT2D eigenvalue weighted by Crippen LogP contribution is -1.97. The smallest absolute Gasteiger partial charge is 0.114 e. The van der Waals surface area contributed by atoms with E-state index in [1.807, 2.05) is 6.92 Å². The maximum absolute atomic E-state index is 5.41. The van der Waals surface area contributed by atoms with Crippen molar-refractivity contribution in [2.24, 2.45) is 0 Å². The summed E-state index contributed by atoms with van der Waals surface area (Å²) in [5, 5.41) is 0. The third-order valence-electron chi connectivity index (χ3n) is 2.47. The normalized spacial score (nSPS) is 18.4. The summed E-state index contributed by atoms with van der Waals surface area (Å²) in [6.45, 7) is 6.69. The molecule has 0 amide bonds. The van der Waals surface area contributed by atoms with Gasteiger partial charge >= 0.3 is 0 Å². The Bertz CT molecular complexity index is 191. The van der Waals surface area contributed by atoms with Crippen LogP contribution >= 0.6 is 0 Å². The fourth-order valence-electron chi connectivity index (χ4n) is 1.71. The van der Waals surface area contributed by atoms with Crippen molar-refractivity contribution < 1.29 is 4.74 Å². The van der Waals surface area contributed by atoms with Crippen molar-refractivity contribution in [2.45, 2.75) is 45.4 Å². The first-order valence-electron chi connectivity index (χ1n) is 5.35. The first-order valence-corrected chi connectivity index (χ1v) is 5.35. The van der Waals surface area contributed by atoms with Gasteiger partial charge in [-0.15, -0.1) is 0 Å². The van der Waals surface area contributed by atoms with Crippen LogP contribution in [0.4, 0.5) is 0 Å². The van der Waals surface area contributed by atoms with Crippen LogP contribution in [0.25, 0.3) is 0 Å². The SMILES string of the molecule is C=C(OCC)C1=CCCCCCC1. The Labute approximate surface area is 81.5 Å². The van der Waals surface area contributed by atoms with E-state index in [4.69, 9.17) is 4.74 Å². The molecular formula is C12H20O. The Morgan fingerprint density at radius 1 is 1.38 bits per heavy atom. The fraction of sp³-hybridized carbons (Fsp3) is 0.667. The van der Waals surface area contributed by atoms with E-state index in [1.165, 1.54) is 37.7 Å². The zero-order valence-electron chi connectivity index (χ0n) is 8.64. The second-order valence-electron chi connectivity index (χ2n) is 3.54. The molecule has 0 bridgehead atoms. The van der Waals surface area contributed by atoms with E-state index in [0.717, 1.165) is 18.8 Å². The number of hydrogen-bond acceptors (Lipinski definition) is 1. The molecule has 1 aliphatic rings. The summed E-state index contributed by atoms with van der Waals surface area (Å²) < 4.78 is 5.41. The van der Waals surface area contributed by atoms with Gasteiger partial charge in [-0.05, 0) is 38.2 Å². The number of ether oxygens (including phenoxy) is 1. The van der Waals surface area contributed by atoms with Crippen LogP contribution in [-0.2, 0) is 4.74 Å². The van der Waals surface area contributed by atoms with Crippen molar-refractivity contribution in [3.05, 3.63) is 24.0 Å². The summed E-state index contributed by atoms with van der Waals surface area (Å²) in [7, 11) is 0. The van der Waals surface area contributed by atoms with Gasteiger partial charge in [0.2, 0.25) is 0 Å². The van der Waals surface area contributed by atoms with Crippen LogP contribution in [0.5, 0.6) is 0 Å². The van der Waals surface area contributed by atoms with E-state index in [1.54, 1.807) is 0 Å². The minimum atomic E-state index is 0.732. The van der Waals surface area contributed by atoms with Crippen LogP contribution < -0.4 is 0 Å². The van der Waals surface area contributed by atoms with Crippen LogP contribution in [0.3, 0.4) is 0 Å². The lowest BCUT2D eigenvalue weighted by atomic mass is 9.99. The Hall–Kier alpha value is -0.720. The fourth-order valence-corrected chi connectivity index (χ4v) is 1.71. The second-order valence-corrected chi connectivity index (χ2v) is 3.54. The van der Waals surface area contributed by atoms with Crippen molar-refractivity contribution in [1.82, 2.24) is 0 Å². The highest BCUT2D eigenvalue weighted by Crippen LogP contribution is 2.22. The summed E-state index contributed by atoms with van der Waals surface area (Å²) in [6.07, 6.45) is 10.00. The molecule has 1 rings (SSSR count). The molecule has 0 heterocycles. The predicted molar refractivity (Wildman–Crippen MR) is 56.6 cm³/mol. The molecule has 1 heteroatoms. The second kappa shape index (κ2) is 5.85. The molecule has 0 saturated carbocycles. The zero-order chi connectivity index (χ0) is 9.52.